The molecule has 0 aromatic carbocycles. The van der Waals surface area contributed by atoms with Gasteiger partial charge >= 0.3 is 0 Å². The molecular weight excluding hydrogens is 250 g/mol. The number of piperidine rings is 1. The van der Waals surface area contributed by atoms with Crippen LogP contribution in [0.3, 0.4) is 0 Å². The molecule has 1 aromatic heterocycles. The minimum absolute atomic E-state index is 0.240. The summed E-state index contributed by atoms with van der Waals surface area (Å²) in [6.07, 6.45) is 3.04. The summed E-state index contributed by atoms with van der Waals surface area (Å²) >= 11 is 6.02. The Morgan fingerprint density at radius 1 is 1.39 bits per heavy atom. The van der Waals surface area contributed by atoms with Crippen molar-refractivity contribution < 1.29 is 4.79 Å². The number of carbonyl (C=O) groups excluding carboxylic acids is 1. The molecule has 0 atom stereocenters. The average molecular weight is 268 g/mol. The van der Waals surface area contributed by atoms with Crippen molar-refractivity contribution in [2.24, 2.45) is 5.41 Å². The molecular formula is C13H18ClN3O. The van der Waals surface area contributed by atoms with Crippen molar-refractivity contribution in [1.82, 2.24) is 9.97 Å². The van der Waals surface area contributed by atoms with Crippen LogP contribution in [-0.4, -0.2) is 29.3 Å². The summed E-state index contributed by atoms with van der Waals surface area (Å²) in [6, 6.07) is 0. The summed E-state index contributed by atoms with van der Waals surface area (Å²) in [7, 11) is 0. The van der Waals surface area contributed by atoms with Crippen LogP contribution in [0.2, 0.25) is 5.15 Å². The number of aldehydes is 1. The Morgan fingerprint density at radius 3 is 2.72 bits per heavy atom. The van der Waals surface area contributed by atoms with E-state index in [1.165, 1.54) is 6.42 Å². The summed E-state index contributed by atoms with van der Waals surface area (Å²) in [6.45, 7) is 8.06. The Morgan fingerprint density at radius 2 is 2.11 bits per heavy atom. The molecule has 0 bridgehead atoms. The van der Waals surface area contributed by atoms with E-state index in [4.69, 9.17) is 11.6 Å². The number of carbonyl (C=O) groups is 1. The molecule has 1 aromatic rings. The summed E-state index contributed by atoms with van der Waals surface area (Å²) in [4.78, 5) is 21.7. The molecule has 18 heavy (non-hydrogen) atoms. The van der Waals surface area contributed by atoms with Gasteiger partial charge in [-0.15, -0.1) is 0 Å². The summed E-state index contributed by atoms with van der Waals surface area (Å²) in [5.74, 6) is 1.28. The van der Waals surface area contributed by atoms with Gasteiger partial charge in [0.2, 0.25) is 0 Å². The molecule has 0 unspecified atom stereocenters. The van der Waals surface area contributed by atoms with Crippen molar-refractivity contribution in [2.75, 3.05) is 18.0 Å². The first-order valence-corrected chi connectivity index (χ1v) is 6.55. The van der Waals surface area contributed by atoms with Crippen molar-refractivity contribution in [2.45, 2.75) is 33.6 Å². The fraction of sp³-hybridized carbons (Fsp3) is 0.615. The molecule has 0 aliphatic carbocycles. The van der Waals surface area contributed by atoms with E-state index in [-0.39, 0.29) is 10.6 Å². The smallest absolute Gasteiger partial charge is 0.156 e. The number of anilines is 1. The third-order valence-corrected chi connectivity index (χ3v) is 3.60. The van der Waals surface area contributed by atoms with Crippen LogP contribution >= 0.6 is 11.6 Å². The Kier molecular flexibility index (Phi) is 3.57. The standard InChI is InChI=1S/C13H18ClN3O/c1-9-15-11(14)10(7-18)12(16-9)17-6-4-5-13(2,3)8-17/h7H,4-6,8H2,1-3H3. The first-order chi connectivity index (χ1) is 8.43. The molecule has 0 radical (unpaired) electrons. The molecule has 0 amide bonds. The van der Waals surface area contributed by atoms with E-state index in [1.807, 2.05) is 0 Å². The second-order valence-electron chi connectivity index (χ2n) is 5.61. The van der Waals surface area contributed by atoms with Crippen molar-refractivity contribution in [3.8, 4) is 0 Å². The van der Waals surface area contributed by atoms with E-state index >= 15 is 0 Å². The van der Waals surface area contributed by atoms with Gasteiger partial charge in [-0.1, -0.05) is 25.4 Å². The molecule has 2 heterocycles. The van der Waals surface area contributed by atoms with Gasteiger partial charge in [0.25, 0.3) is 0 Å². The molecule has 0 spiro atoms. The highest BCUT2D eigenvalue weighted by Gasteiger charge is 2.29. The predicted octanol–water partition coefficient (Wildman–Crippen LogP) is 2.88. The number of nitrogens with zero attached hydrogens (tertiary/aromatic N) is 3. The fourth-order valence-corrected chi connectivity index (χ4v) is 2.73. The molecule has 2 rings (SSSR count). The summed E-state index contributed by atoms with van der Waals surface area (Å²) < 4.78 is 0. The van der Waals surface area contributed by atoms with Crippen LogP contribution in [-0.2, 0) is 0 Å². The molecule has 1 aliphatic heterocycles. The van der Waals surface area contributed by atoms with Crippen LogP contribution < -0.4 is 4.90 Å². The lowest BCUT2D eigenvalue weighted by atomic mass is 9.84. The SMILES string of the molecule is Cc1nc(Cl)c(C=O)c(N2CCCC(C)(C)C2)n1. The van der Waals surface area contributed by atoms with Gasteiger partial charge in [-0.05, 0) is 25.2 Å². The molecule has 98 valence electrons. The minimum Gasteiger partial charge on any atom is -0.355 e. The van der Waals surface area contributed by atoms with Crippen LogP contribution in [0.1, 0.15) is 42.9 Å². The maximum atomic E-state index is 11.2. The van der Waals surface area contributed by atoms with Gasteiger partial charge in [0.15, 0.2) is 6.29 Å². The number of halogens is 1. The quantitative estimate of drug-likeness (QED) is 0.611. The average Bonchev–Trinajstić information content (AvgIpc) is 2.26. The van der Waals surface area contributed by atoms with Crippen molar-refractivity contribution in [1.29, 1.82) is 0 Å². The molecule has 5 heteroatoms. The highest BCUT2D eigenvalue weighted by Crippen LogP contribution is 2.33. The van der Waals surface area contributed by atoms with E-state index < -0.39 is 0 Å². The van der Waals surface area contributed by atoms with Gasteiger partial charge < -0.3 is 4.90 Å². The number of rotatable bonds is 2. The maximum Gasteiger partial charge on any atom is 0.156 e. The van der Waals surface area contributed by atoms with Crippen LogP contribution in [0.15, 0.2) is 0 Å². The number of hydrogen-bond donors (Lipinski definition) is 0. The topological polar surface area (TPSA) is 46.1 Å². The molecule has 1 aliphatic rings. The zero-order chi connectivity index (χ0) is 13.3. The van der Waals surface area contributed by atoms with Crippen molar-refractivity contribution >= 4 is 23.7 Å². The predicted molar refractivity (Wildman–Crippen MR) is 72.4 cm³/mol. The van der Waals surface area contributed by atoms with Crippen LogP contribution in [0.4, 0.5) is 5.82 Å². The minimum atomic E-state index is 0.240. The van der Waals surface area contributed by atoms with E-state index in [0.29, 0.717) is 17.2 Å². The Hall–Kier alpha value is -1.16. The number of hydrogen-bond acceptors (Lipinski definition) is 4. The van der Waals surface area contributed by atoms with Gasteiger partial charge in [-0.25, -0.2) is 9.97 Å². The van der Waals surface area contributed by atoms with Crippen molar-refractivity contribution in [3.63, 3.8) is 0 Å². The Bertz CT molecular complexity index is 474. The normalized spacial score (nSPS) is 18.8. The van der Waals surface area contributed by atoms with Crippen LogP contribution in [0.25, 0.3) is 0 Å². The van der Waals surface area contributed by atoms with E-state index in [2.05, 4.69) is 28.7 Å². The lowest BCUT2D eigenvalue weighted by Gasteiger charge is -2.39. The lowest BCUT2D eigenvalue weighted by Crippen LogP contribution is -2.41. The van der Waals surface area contributed by atoms with E-state index in [9.17, 15) is 4.79 Å². The molecule has 1 saturated heterocycles. The van der Waals surface area contributed by atoms with E-state index in [1.54, 1.807) is 6.92 Å². The third-order valence-electron chi connectivity index (χ3n) is 3.31. The van der Waals surface area contributed by atoms with Gasteiger partial charge in [0.1, 0.15) is 16.8 Å². The van der Waals surface area contributed by atoms with E-state index in [0.717, 1.165) is 25.8 Å². The van der Waals surface area contributed by atoms with Crippen LogP contribution in [0.5, 0.6) is 0 Å². The monoisotopic (exact) mass is 267 g/mol. The molecule has 1 fully saturated rings. The van der Waals surface area contributed by atoms with Gasteiger partial charge in [-0.3, -0.25) is 4.79 Å². The first kappa shape index (κ1) is 13.3. The zero-order valence-electron chi connectivity index (χ0n) is 11.0. The van der Waals surface area contributed by atoms with Gasteiger partial charge in [-0.2, -0.15) is 0 Å². The Labute approximate surface area is 112 Å². The first-order valence-electron chi connectivity index (χ1n) is 6.17. The van der Waals surface area contributed by atoms with Gasteiger partial charge in [0, 0.05) is 13.1 Å². The molecule has 0 saturated carbocycles. The van der Waals surface area contributed by atoms with Gasteiger partial charge in [0.05, 0.1) is 5.56 Å². The summed E-state index contributed by atoms with van der Waals surface area (Å²) in [5.41, 5.74) is 0.643. The second kappa shape index (κ2) is 4.84. The fourth-order valence-electron chi connectivity index (χ4n) is 2.48. The van der Waals surface area contributed by atoms with Crippen LogP contribution in [0, 0.1) is 12.3 Å². The second-order valence-corrected chi connectivity index (χ2v) is 5.96. The lowest BCUT2D eigenvalue weighted by molar-refractivity contribution is 0.112. The van der Waals surface area contributed by atoms with Crippen molar-refractivity contribution in [3.05, 3.63) is 16.5 Å². The zero-order valence-corrected chi connectivity index (χ0v) is 11.8. The highest BCUT2D eigenvalue weighted by atomic mass is 35.5. The highest BCUT2D eigenvalue weighted by molar-refractivity contribution is 6.32. The maximum absolute atomic E-state index is 11.2. The number of aromatic nitrogens is 2. The largest absolute Gasteiger partial charge is 0.355 e. The molecule has 0 N–H and O–H groups in total. The summed E-state index contributed by atoms with van der Waals surface area (Å²) in [5, 5.41) is 0.246. The third kappa shape index (κ3) is 2.64. The Balaban J connectivity index is 2.40. The molecule has 4 nitrogen and oxygen atoms in total. The number of aryl methyl sites for hydroxylation is 1.